The summed E-state index contributed by atoms with van der Waals surface area (Å²) in [6, 6.07) is 14.3. The van der Waals surface area contributed by atoms with E-state index < -0.39 is 15.8 Å². The number of rotatable bonds is 5. The molecule has 3 aromatic rings. The predicted molar refractivity (Wildman–Crippen MR) is 100 cm³/mol. The van der Waals surface area contributed by atoms with E-state index in [9.17, 15) is 18.3 Å². The number of benzene rings is 2. The van der Waals surface area contributed by atoms with E-state index in [4.69, 9.17) is 0 Å². The fourth-order valence-electron chi connectivity index (χ4n) is 2.65. The smallest absolute Gasteiger partial charge is 0.341 e. The van der Waals surface area contributed by atoms with Gasteiger partial charge in [-0.25, -0.2) is 13.2 Å². The second-order valence-electron chi connectivity index (χ2n) is 5.87. The highest BCUT2D eigenvalue weighted by Gasteiger charge is 2.18. The van der Waals surface area contributed by atoms with Crippen LogP contribution in [0.4, 0.5) is 0 Å². The number of sulfone groups is 1. The molecule has 0 unspecified atom stereocenters. The Morgan fingerprint density at radius 2 is 1.85 bits per heavy atom. The highest BCUT2D eigenvalue weighted by Crippen LogP contribution is 2.26. The maximum absolute atomic E-state index is 12.8. The van der Waals surface area contributed by atoms with Crippen LogP contribution in [0.5, 0.6) is 5.75 Å². The van der Waals surface area contributed by atoms with Gasteiger partial charge in [0.25, 0.3) is 0 Å². The summed E-state index contributed by atoms with van der Waals surface area (Å²) in [7, 11) is -2.44. The molecule has 7 heteroatoms. The van der Waals surface area contributed by atoms with Crippen molar-refractivity contribution < 1.29 is 23.1 Å². The Balaban J connectivity index is 1.89. The third kappa shape index (κ3) is 4.15. The monoisotopic (exact) mass is 383 g/mol. The van der Waals surface area contributed by atoms with Crippen molar-refractivity contribution in [1.82, 2.24) is 4.98 Å². The lowest BCUT2D eigenvalue weighted by Crippen LogP contribution is -2.06. The molecule has 0 spiro atoms. The van der Waals surface area contributed by atoms with Gasteiger partial charge in [-0.15, -0.1) is 0 Å². The van der Waals surface area contributed by atoms with Crippen molar-refractivity contribution in [3.05, 3.63) is 78.1 Å². The molecular weight excluding hydrogens is 366 g/mol. The largest absolute Gasteiger partial charge is 0.507 e. The van der Waals surface area contributed by atoms with Gasteiger partial charge in [0, 0.05) is 18.0 Å². The number of esters is 1. The van der Waals surface area contributed by atoms with Crippen molar-refractivity contribution in [1.29, 1.82) is 0 Å². The molecule has 0 aliphatic heterocycles. The lowest BCUT2D eigenvalue weighted by Gasteiger charge is -2.09. The van der Waals surface area contributed by atoms with Gasteiger partial charge in [0.1, 0.15) is 11.3 Å². The first-order valence-corrected chi connectivity index (χ1v) is 9.69. The van der Waals surface area contributed by atoms with Gasteiger partial charge in [-0.05, 0) is 41.5 Å². The summed E-state index contributed by atoms with van der Waals surface area (Å²) in [5.41, 5.74) is 1.91. The topological polar surface area (TPSA) is 93.6 Å². The summed E-state index contributed by atoms with van der Waals surface area (Å²) >= 11 is 0. The molecule has 1 heterocycles. The molecule has 6 nitrogen and oxygen atoms in total. The van der Waals surface area contributed by atoms with Gasteiger partial charge < -0.3 is 9.84 Å². The average Bonchev–Trinajstić information content (AvgIpc) is 2.68. The van der Waals surface area contributed by atoms with Gasteiger partial charge in [0.05, 0.1) is 17.8 Å². The van der Waals surface area contributed by atoms with E-state index in [0.29, 0.717) is 5.56 Å². The first kappa shape index (κ1) is 18.6. The van der Waals surface area contributed by atoms with Crippen LogP contribution in [0, 0.1) is 0 Å². The van der Waals surface area contributed by atoms with Crippen molar-refractivity contribution in [3.8, 4) is 16.9 Å². The number of aromatic nitrogens is 1. The summed E-state index contributed by atoms with van der Waals surface area (Å²) in [6.45, 7) is 0. The van der Waals surface area contributed by atoms with Gasteiger partial charge in [-0.1, -0.05) is 24.3 Å². The standard InChI is InChI=1S/C20H17NO5S/c1-26-20(23)18-8-7-14(10-19(18)22)13-27(24,25)17-6-2-4-15(11-17)16-5-3-9-21-12-16/h2-12,22H,13H2,1H3. The van der Waals surface area contributed by atoms with Crippen molar-refractivity contribution in [2.45, 2.75) is 10.6 Å². The quantitative estimate of drug-likeness (QED) is 0.680. The molecule has 0 atom stereocenters. The van der Waals surface area contributed by atoms with Crippen molar-refractivity contribution in [2.75, 3.05) is 7.11 Å². The zero-order valence-corrected chi connectivity index (χ0v) is 15.3. The van der Waals surface area contributed by atoms with Crippen molar-refractivity contribution in [2.24, 2.45) is 0 Å². The number of methoxy groups -OCH3 is 1. The Hall–Kier alpha value is -3.19. The van der Waals surface area contributed by atoms with E-state index >= 15 is 0 Å². The number of carbonyl (C=O) groups is 1. The number of nitrogens with zero attached hydrogens (tertiary/aromatic N) is 1. The van der Waals surface area contributed by atoms with Crippen LogP contribution in [0.2, 0.25) is 0 Å². The molecule has 0 aliphatic rings. The van der Waals surface area contributed by atoms with E-state index in [-0.39, 0.29) is 22.0 Å². The van der Waals surface area contributed by atoms with Crippen LogP contribution in [0.15, 0.2) is 71.9 Å². The van der Waals surface area contributed by atoms with Crippen LogP contribution in [-0.4, -0.2) is 31.6 Å². The fraction of sp³-hybridized carbons (Fsp3) is 0.100. The summed E-state index contributed by atoms with van der Waals surface area (Å²) in [5, 5.41) is 9.95. The van der Waals surface area contributed by atoms with E-state index in [1.807, 2.05) is 12.1 Å². The molecular formula is C20H17NO5S. The second kappa shape index (κ2) is 7.59. The van der Waals surface area contributed by atoms with Gasteiger partial charge >= 0.3 is 5.97 Å². The maximum Gasteiger partial charge on any atom is 0.341 e. The van der Waals surface area contributed by atoms with Gasteiger partial charge in [0.15, 0.2) is 9.84 Å². The van der Waals surface area contributed by atoms with E-state index in [2.05, 4.69) is 9.72 Å². The molecule has 2 aromatic carbocycles. The first-order valence-electron chi connectivity index (χ1n) is 8.04. The first-order chi connectivity index (χ1) is 12.9. The van der Waals surface area contributed by atoms with Gasteiger partial charge in [0.2, 0.25) is 0 Å². The number of ether oxygens (including phenoxy) is 1. The van der Waals surface area contributed by atoms with Crippen LogP contribution < -0.4 is 0 Å². The average molecular weight is 383 g/mol. The number of carbonyl (C=O) groups excluding carboxylic acids is 1. The summed E-state index contributed by atoms with van der Waals surface area (Å²) in [6.07, 6.45) is 3.31. The molecule has 0 aliphatic carbocycles. The summed E-state index contributed by atoms with van der Waals surface area (Å²) < 4.78 is 30.1. The lowest BCUT2D eigenvalue weighted by atomic mass is 10.1. The van der Waals surface area contributed by atoms with Crippen molar-refractivity contribution in [3.63, 3.8) is 0 Å². The molecule has 0 radical (unpaired) electrons. The zero-order chi connectivity index (χ0) is 19.4. The lowest BCUT2D eigenvalue weighted by molar-refractivity contribution is 0.0597. The minimum atomic E-state index is -3.65. The van der Waals surface area contributed by atoms with Crippen LogP contribution in [0.25, 0.3) is 11.1 Å². The molecule has 0 saturated heterocycles. The normalized spacial score (nSPS) is 11.1. The minimum Gasteiger partial charge on any atom is -0.507 e. The Labute approximate surface area is 157 Å². The molecule has 0 amide bonds. The third-order valence-electron chi connectivity index (χ3n) is 4.01. The van der Waals surface area contributed by atoms with Crippen LogP contribution in [0.1, 0.15) is 15.9 Å². The molecule has 138 valence electrons. The second-order valence-corrected chi connectivity index (χ2v) is 7.86. The SMILES string of the molecule is COC(=O)c1ccc(CS(=O)(=O)c2cccc(-c3cccnc3)c2)cc1O. The Morgan fingerprint density at radius 1 is 1.07 bits per heavy atom. The number of phenolic OH excluding ortho intramolecular Hbond substituents is 1. The predicted octanol–water partition coefficient (Wildman–Crippen LogP) is 3.21. The fourth-order valence-corrected chi connectivity index (χ4v) is 4.03. The van der Waals surface area contributed by atoms with Crippen molar-refractivity contribution >= 4 is 15.8 Å². The third-order valence-corrected chi connectivity index (χ3v) is 5.70. The van der Waals surface area contributed by atoms with E-state index in [0.717, 1.165) is 11.1 Å². The van der Waals surface area contributed by atoms with E-state index in [1.165, 1.54) is 31.4 Å². The molecule has 3 rings (SSSR count). The highest BCUT2D eigenvalue weighted by atomic mass is 32.2. The van der Waals surface area contributed by atoms with Crippen LogP contribution in [0.3, 0.4) is 0 Å². The molecule has 0 saturated carbocycles. The summed E-state index contributed by atoms with van der Waals surface area (Å²) in [5.74, 6) is -1.32. The molecule has 0 fully saturated rings. The maximum atomic E-state index is 12.8. The Bertz CT molecular complexity index is 1080. The number of hydrogen-bond acceptors (Lipinski definition) is 6. The molecule has 1 aromatic heterocycles. The van der Waals surface area contributed by atoms with Gasteiger partial charge in [-0.3, -0.25) is 4.98 Å². The Kier molecular flexibility index (Phi) is 5.23. The number of aromatic hydroxyl groups is 1. The van der Waals surface area contributed by atoms with Gasteiger partial charge in [-0.2, -0.15) is 0 Å². The van der Waals surface area contributed by atoms with Crippen LogP contribution >= 0.6 is 0 Å². The zero-order valence-electron chi connectivity index (χ0n) is 14.5. The molecule has 0 bridgehead atoms. The number of pyridine rings is 1. The molecule has 27 heavy (non-hydrogen) atoms. The van der Waals surface area contributed by atoms with E-state index in [1.54, 1.807) is 30.6 Å². The number of phenols is 1. The Morgan fingerprint density at radius 3 is 2.52 bits per heavy atom. The summed E-state index contributed by atoms with van der Waals surface area (Å²) in [4.78, 5) is 15.7. The minimum absolute atomic E-state index is 0.0165. The van der Waals surface area contributed by atoms with Crippen LogP contribution in [-0.2, 0) is 20.3 Å². The molecule has 1 N–H and O–H groups in total. The number of hydrogen-bond donors (Lipinski definition) is 1. The highest BCUT2D eigenvalue weighted by molar-refractivity contribution is 7.90.